The first kappa shape index (κ1) is 24.6. The van der Waals surface area contributed by atoms with Crippen LogP contribution in [0.2, 0.25) is 0 Å². The molecule has 0 aliphatic rings. The van der Waals surface area contributed by atoms with Gasteiger partial charge in [-0.2, -0.15) is 0 Å². The van der Waals surface area contributed by atoms with Gasteiger partial charge in [-0.3, -0.25) is 9.59 Å². The molecular weight excluding hydrogens is 302 g/mol. The van der Waals surface area contributed by atoms with E-state index in [1.54, 1.807) is 0 Å². The Morgan fingerprint density at radius 1 is 0.750 bits per heavy atom. The third-order valence-corrected chi connectivity index (χ3v) is 0.813. The van der Waals surface area contributed by atoms with Gasteiger partial charge in [0.25, 0.3) is 0 Å². The molecule has 0 N–H and O–H groups in total. The maximum atomic E-state index is 9.98. The molecule has 16 heavy (non-hydrogen) atoms. The fraction of sp³-hybridized carbons (Fsp3) is 0.400. The molecule has 4 nitrogen and oxygen atoms in total. The minimum absolute atomic E-state index is 0. The summed E-state index contributed by atoms with van der Waals surface area (Å²) in [4.78, 5) is 20.0. The summed E-state index contributed by atoms with van der Waals surface area (Å²) in [6.07, 6.45) is 2.11. The van der Waals surface area contributed by atoms with Crippen molar-refractivity contribution < 1.29 is 53.4 Å². The van der Waals surface area contributed by atoms with E-state index in [4.69, 9.17) is 0 Å². The van der Waals surface area contributed by atoms with Gasteiger partial charge in [-0.1, -0.05) is 13.8 Å². The summed E-state index contributed by atoms with van der Waals surface area (Å²) in [5, 5.41) is 20.0. The monoisotopic (exact) mass is 316 g/mol. The molecule has 0 atom stereocenters. The topological polar surface area (TPSA) is 80.3 Å². The Bertz CT molecular complexity index is 234. The number of carbonyl (C=O) groups is 2. The Labute approximate surface area is 116 Å². The number of hydrogen-bond donors (Lipinski definition) is 0. The van der Waals surface area contributed by atoms with Crippen LogP contribution in [-0.2, 0) is 43.1 Å². The first-order chi connectivity index (χ1) is 6.25. The third-order valence-electron chi connectivity index (χ3n) is 0.813. The van der Waals surface area contributed by atoms with E-state index in [9.17, 15) is 19.8 Å². The van der Waals surface area contributed by atoms with Crippen molar-refractivity contribution in [2.45, 2.75) is 27.7 Å². The number of ketones is 2. The fourth-order valence-corrected chi connectivity index (χ4v) is 0.572. The second-order valence-corrected chi connectivity index (χ2v) is 2.73. The normalized spacial score (nSPS) is 10.0. The minimum atomic E-state index is -0.187. The minimum Gasteiger partial charge on any atom is -0.876 e. The predicted octanol–water partition coefficient (Wildman–Crippen LogP) is -0.326. The average molecular weight is 316 g/mol. The van der Waals surface area contributed by atoms with Gasteiger partial charge in [0.2, 0.25) is 0 Å². The summed E-state index contributed by atoms with van der Waals surface area (Å²) < 4.78 is 0. The maximum absolute atomic E-state index is 9.98. The van der Waals surface area contributed by atoms with Gasteiger partial charge in [0.1, 0.15) is 0 Å². The second kappa shape index (κ2) is 14.4. The molecule has 0 spiro atoms. The Kier molecular flexibility index (Phi) is 22.2. The fourth-order valence-electron chi connectivity index (χ4n) is 0.572. The third kappa shape index (κ3) is 37.6. The van der Waals surface area contributed by atoms with Crippen LogP contribution in [0, 0.1) is 0 Å². The number of carbonyl (C=O) groups excluding carboxylic acids is 2. The van der Waals surface area contributed by atoms with Gasteiger partial charge in [0.15, 0.2) is 11.6 Å². The van der Waals surface area contributed by atoms with Crippen molar-refractivity contribution in [3.63, 3.8) is 0 Å². The molecule has 0 aliphatic carbocycles. The maximum Gasteiger partial charge on any atom is 2.00 e. The molecule has 0 saturated heterocycles. The summed E-state index contributed by atoms with van der Waals surface area (Å²) in [6, 6.07) is 0. The van der Waals surface area contributed by atoms with Crippen molar-refractivity contribution >= 4 is 11.6 Å². The van der Waals surface area contributed by atoms with Crippen molar-refractivity contribution in [3.05, 3.63) is 23.7 Å². The Balaban J connectivity index is -0.0000000800. The summed E-state index contributed by atoms with van der Waals surface area (Å²) in [5.74, 6) is -0.750. The average Bonchev–Trinajstić information content (AvgIpc) is 1.79. The van der Waals surface area contributed by atoms with E-state index in [-0.39, 0.29) is 56.6 Å². The van der Waals surface area contributed by atoms with E-state index in [0.29, 0.717) is 0 Å². The summed E-state index contributed by atoms with van der Waals surface area (Å²) in [6.45, 7) is 5.39. The molecule has 0 unspecified atom stereocenters. The molecule has 0 amide bonds. The predicted molar refractivity (Wildman–Crippen MR) is 48.9 cm³/mol. The molecule has 0 aliphatic heterocycles. The van der Waals surface area contributed by atoms with Crippen LogP contribution < -0.4 is 10.2 Å². The van der Waals surface area contributed by atoms with Gasteiger partial charge in [-0.05, 0) is 26.0 Å². The molecular formula is C10H14Co2O4+2. The smallest absolute Gasteiger partial charge is 0.876 e. The van der Waals surface area contributed by atoms with E-state index < -0.39 is 0 Å². The van der Waals surface area contributed by atoms with Crippen LogP contribution in [0.4, 0.5) is 0 Å². The SMILES string of the molecule is CC(=O)/C=C(/C)[O-].CC(=O)/C=C(/C)[O-].[Co+2].[Co+2]. The number of hydrogen-bond acceptors (Lipinski definition) is 4. The molecule has 94 valence electrons. The molecule has 0 aromatic heterocycles. The van der Waals surface area contributed by atoms with Crippen molar-refractivity contribution in [2.24, 2.45) is 0 Å². The van der Waals surface area contributed by atoms with Gasteiger partial charge in [-0.25, -0.2) is 0 Å². The van der Waals surface area contributed by atoms with Crippen LogP contribution in [0.1, 0.15) is 27.7 Å². The Morgan fingerprint density at radius 3 is 0.938 bits per heavy atom. The van der Waals surface area contributed by atoms with Crippen molar-refractivity contribution in [2.75, 3.05) is 0 Å². The van der Waals surface area contributed by atoms with E-state index in [1.807, 2.05) is 0 Å². The molecule has 0 fully saturated rings. The Morgan fingerprint density at radius 2 is 0.938 bits per heavy atom. The Hall–Kier alpha value is -0.567. The molecule has 0 aromatic rings. The van der Waals surface area contributed by atoms with Gasteiger partial charge in [0, 0.05) is 0 Å². The summed E-state index contributed by atoms with van der Waals surface area (Å²) in [7, 11) is 0. The van der Waals surface area contributed by atoms with Crippen LogP contribution in [0.3, 0.4) is 0 Å². The van der Waals surface area contributed by atoms with Crippen LogP contribution in [0.25, 0.3) is 0 Å². The number of rotatable bonds is 2. The molecule has 0 saturated carbocycles. The zero-order chi connectivity index (χ0) is 11.7. The molecule has 0 bridgehead atoms. The van der Waals surface area contributed by atoms with Crippen LogP contribution in [0.5, 0.6) is 0 Å². The second-order valence-electron chi connectivity index (χ2n) is 2.73. The standard InChI is InChI=1S/2C5H8O2.2Co/c2*1-4(6)3-5(2)7;;/h2*3,6H,1-2H3;;/q;;2*+2/p-2/b2*4-3-;;. The van der Waals surface area contributed by atoms with Crippen molar-refractivity contribution in [1.29, 1.82) is 0 Å². The van der Waals surface area contributed by atoms with Crippen molar-refractivity contribution in [3.8, 4) is 0 Å². The summed E-state index contributed by atoms with van der Waals surface area (Å²) >= 11 is 0. The summed E-state index contributed by atoms with van der Waals surface area (Å²) in [5.41, 5.74) is 0. The van der Waals surface area contributed by atoms with Crippen molar-refractivity contribution in [1.82, 2.24) is 0 Å². The van der Waals surface area contributed by atoms with Gasteiger partial charge in [0.05, 0.1) is 0 Å². The first-order valence-electron chi connectivity index (χ1n) is 3.97. The largest absolute Gasteiger partial charge is 2.00 e. The first-order valence-corrected chi connectivity index (χ1v) is 3.97. The van der Waals surface area contributed by atoms with E-state index >= 15 is 0 Å². The van der Waals surface area contributed by atoms with Crippen LogP contribution in [0.15, 0.2) is 23.7 Å². The van der Waals surface area contributed by atoms with E-state index in [2.05, 4.69) is 0 Å². The quantitative estimate of drug-likeness (QED) is 0.516. The zero-order valence-electron chi connectivity index (χ0n) is 9.45. The molecule has 0 heterocycles. The van der Waals surface area contributed by atoms with Gasteiger partial charge < -0.3 is 10.2 Å². The molecule has 0 aromatic carbocycles. The molecule has 6 heteroatoms. The molecule has 0 rings (SSSR count). The van der Waals surface area contributed by atoms with Crippen LogP contribution in [-0.4, -0.2) is 11.6 Å². The molecule has 2 radical (unpaired) electrons. The zero-order valence-corrected chi connectivity index (χ0v) is 11.5. The van der Waals surface area contributed by atoms with E-state index in [1.165, 1.54) is 27.7 Å². The van der Waals surface area contributed by atoms with Crippen LogP contribution >= 0.6 is 0 Å². The van der Waals surface area contributed by atoms with E-state index in [0.717, 1.165) is 12.2 Å². The number of allylic oxidation sites excluding steroid dienone is 4. The van der Waals surface area contributed by atoms with Gasteiger partial charge in [-0.15, -0.1) is 11.5 Å². The van der Waals surface area contributed by atoms with Gasteiger partial charge >= 0.3 is 33.6 Å².